The molecule has 31 heavy (non-hydrogen) atoms. The Morgan fingerprint density at radius 2 is 2.13 bits per heavy atom. The van der Waals surface area contributed by atoms with Gasteiger partial charge in [-0.05, 0) is 30.7 Å². The molecule has 11 heteroatoms. The largest absolute Gasteiger partial charge is 0.441 e. The maximum atomic E-state index is 13.4. The predicted molar refractivity (Wildman–Crippen MR) is 106 cm³/mol. The van der Waals surface area contributed by atoms with Gasteiger partial charge in [0, 0.05) is 37.5 Å². The normalized spacial score (nSPS) is 19.6. The van der Waals surface area contributed by atoms with Crippen LogP contribution in [0.15, 0.2) is 35.0 Å². The van der Waals surface area contributed by atoms with Crippen molar-refractivity contribution in [2.75, 3.05) is 13.1 Å². The first kappa shape index (κ1) is 19.5. The van der Waals surface area contributed by atoms with E-state index in [0.717, 1.165) is 0 Å². The second-order valence-electron chi connectivity index (χ2n) is 7.60. The van der Waals surface area contributed by atoms with E-state index in [1.165, 1.54) is 16.9 Å². The number of fused-ring (bicyclic) bond motifs is 2. The smallest absolute Gasteiger partial charge is 0.280 e. The number of carbonyl (C=O) groups excluding carboxylic acids is 1. The van der Waals surface area contributed by atoms with Crippen LogP contribution in [0, 0.1) is 6.92 Å². The van der Waals surface area contributed by atoms with Crippen LogP contribution in [0.5, 0.6) is 0 Å². The number of halogens is 2. The van der Waals surface area contributed by atoms with Gasteiger partial charge < -0.3 is 15.1 Å². The number of oxazole rings is 1. The van der Waals surface area contributed by atoms with Gasteiger partial charge in [0.05, 0.1) is 5.69 Å². The molecular formula is C20H19F2N7O2. The van der Waals surface area contributed by atoms with Crippen LogP contribution in [-0.2, 0) is 0 Å². The summed E-state index contributed by atoms with van der Waals surface area (Å²) >= 11 is 0. The summed E-state index contributed by atoms with van der Waals surface area (Å²) in [7, 11) is 0. The predicted octanol–water partition coefficient (Wildman–Crippen LogP) is 2.47. The highest BCUT2D eigenvalue weighted by molar-refractivity contribution is 5.97. The molecule has 9 nitrogen and oxygen atoms in total. The van der Waals surface area contributed by atoms with Crippen molar-refractivity contribution in [1.82, 2.24) is 29.5 Å². The minimum absolute atomic E-state index is 0.0783. The van der Waals surface area contributed by atoms with Crippen LogP contribution in [0.1, 0.15) is 46.4 Å². The Balaban J connectivity index is 1.48. The minimum atomic E-state index is -2.75. The molecule has 1 aliphatic heterocycles. The van der Waals surface area contributed by atoms with Gasteiger partial charge in [0.25, 0.3) is 18.1 Å². The van der Waals surface area contributed by atoms with Crippen molar-refractivity contribution in [1.29, 1.82) is 0 Å². The van der Waals surface area contributed by atoms with Crippen molar-refractivity contribution in [2.24, 2.45) is 5.73 Å². The van der Waals surface area contributed by atoms with Gasteiger partial charge in [-0.3, -0.25) is 4.79 Å². The third kappa shape index (κ3) is 3.40. The number of likely N-dealkylation sites (tertiary alicyclic amines) is 1. The van der Waals surface area contributed by atoms with Crippen molar-refractivity contribution in [3.63, 3.8) is 0 Å². The van der Waals surface area contributed by atoms with E-state index in [-0.39, 0.29) is 24.3 Å². The first-order valence-electron chi connectivity index (χ1n) is 9.81. The fraction of sp³-hybridized carbons (Fsp3) is 0.350. The number of aryl methyl sites for hydroxylation is 1. The first-order chi connectivity index (χ1) is 14.9. The molecule has 2 atom stereocenters. The topological polar surface area (TPSA) is 115 Å². The number of carbonyl (C=O) groups is 1. The van der Waals surface area contributed by atoms with Crippen molar-refractivity contribution < 1.29 is 18.0 Å². The van der Waals surface area contributed by atoms with Gasteiger partial charge in [0.1, 0.15) is 17.5 Å². The molecule has 3 aromatic heterocycles. The third-order valence-corrected chi connectivity index (χ3v) is 5.60. The van der Waals surface area contributed by atoms with E-state index in [1.807, 2.05) is 0 Å². The molecule has 1 aliphatic rings. The zero-order valence-corrected chi connectivity index (χ0v) is 16.6. The van der Waals surface area contributed by atoms with Crippen LogP contribution >= 0.6 is 0 Å². The molecule has 0 spiro atoms. The molecular weight excluding hydrogens is 408 g/mol. The SMILES string of the molecule is Cc1nc2ccc(C(=O)N3CCC(N)[C@H](c4cc(C(F)F)nc5ncnn45)C3)cc2o1. The Morgan fingerprint density at radius 1 is 1.29 bits per heavy atom. The van der Waals surface area contributed by atoms with Crippen LogP contribution in [0.25, 0.3) is 16.9 Å². The molecule has 0 bridgehead atoms. The Kier molecular flexibility index (Phi) is 4.62. The van der Waals surface area contributed by atoms with Gasteiger partial charge in [-0.2, -0.15) is 10.1 Å². The molecule has 0 aliphatic carbocycles. The summed E-state index contributed by atoms with van der Waals surface area (Å²) in [4.78, 5) is 26.9. The van der Waals surface area contributed by atoms with Gasteiger partial charge in [-0.25, -0.2) is 23.3 Å². The van der Waals surface area contributed by atoms with Gasteiger partial charge in [-0.15, -0.1) is 0 Å². The molecule has 4 heterocycles. The lowest BCUT2D eigenvalue weighted by atomic mass is 9.89. The molecule has 1 saturated heterocycles. The second kappa shape index (κ2) is 7.34. The van der Waals surface area contributed by atoms with Crippen molar-refractivity contribution in [2.45, 2.75) is 31.7 Å². The first-order valence-corrected chi connectivity index (χ1v) is 9.81. The number of alkyl halides is 2. The number of hydrogen-bond acceptors (Lipinski definition) is 7. The molecule has 160 valence electrons. The minimum Gasteiger partial charge on any atom is -0.441 e. The lowest BCUT2D eigenvalue weighted by Gasteiger charge is -2.37. The van der Waals surface area contributed by atoms with Crippen LogP contribution in [0.2, 0.25) is 0 Å². The Morgan fingerprint density at radius 3 is 2.94 bits per heavy atom. The summed E-state index contributed by atoms with van der Waals surface area (Å²) in [6.07, 6.45) is -0.981. The Hall–Kier alpha value is -3.47. The monoisotopic (exact) mass is 427 g/mol. The van der Waals surface area contributed by atoms with E-state index in [0.29, 0.717) is 41.2 Å². The molecule has 0 saturated carbocycles. The third-order valence-electron chi connectivity index (χ3n) is 5.60. The summed E-state index contributed by atoms with van der Waals surface area (Å²) in [6, 6.07) is 6.08. The molecule has 1 fully saturated rings. The van der Waals surface area contributed by atoms with E-state index < -0.39 is 18.0 Å². The molecule has 1 amide bonds. The van der Waals surface area contributed by atoms with Crippen LogP contribution in [0.3, 0.4) is 0 Å². The number of nitrogens with zero attached hydrogens (tertiary/aromatic N) is 6. The highest BCUT2D eigenvalue weighted by Gasteiger charge is 2.33. The lowest BCUT2D eigenvalue weighted by Crippen LogP contribution is -2.48. The van der Waals surface area contributed by atoms with Crippen molar-refractivity contribution >= 4 is 22.8 Å². The average Bonchev–Trinajstić information content (AvgIpc) is 3.37. The van der Waals surface area contributed by atoms with Gasteiger partial charge in [0.15, 0.2) is 11.5 Å². The van der Waals surface area contributed by atoms with E-state index in [2.05, 4.69) is 20.1 Å². The summed E-state index contributed by atoms with van der Waals surface area (Å²) < 4.78 is 33.7. The number of hydrogen-bond donors (Lipinski definition) is 1. The standard InChI is InChI=1S/C20H19F2N7O2/c1-10-26-14-3-2-11(6-17(14)31-10)19(30)28-5-4-13(23)12(8-28)16-7-15(18(21)22)27-20-24-9-25-29(16)20/h2-3,6-7,9,12-13,18H,4-5,8,23H2,1H3/t12-,13?/m1/s1. The zero-order valence-electron chi connectivity index (χ0n) is 16.6. The maximum absolute atomic E-state index is 13.4. The van der Waals surface area contributed by atoms with Crippen LogP contribution in [0.4, 0.5) is 8.78 Å². The fourth-order valence-electron chi connectivity index (χ4n) is 4.05. The van der Waals surface area contributed by atoms with Crippen molar-refractivity contribution in [3.8, 4) is 0 Å². The summed E-state index contributed by atoms with van der Waals surface area (Å²) in [5.41, 5.74) is 8.09. The van der Waals surface area contributed by atoms with Crippen LogP contribution in [-0.4, -0.2) is 54.5 Å². The van der Waals surface area contributed by atoms with E-state index in [4.69, 9.17) is 10.2 Å². The zero-order chi connectivity index (χ0) is 21.7. The van der Waals surface area contributed by atoms with Gasteiger partial charge >= 0.3 is 0 Å². The maximum Gasteiger partial charge on any atom is 0.280 e. The lowest BCUT2D eigenvalue weighted by molar-refractivity contribution is 0.0691. The number of benzene rings is 1. The number of amides is 1. The summed E-state index contributed by atoms with van der Waals surface area (Å²) in [6.45, 7) is 2.46. The number of rotatable bonds is 3. The summed E-state index contributed by atoms with van der Waals surface area (Å²) in [5.74, 6) is 0.00653. The number of aromatic nitrogens is 5. The molecule has 4 aromatic rings. The fourth-order valence-corrected chi connectivity index (χ4v) is 4.05. The van der Waals surface area contributed by atoms with Crippen LogP contribution < -0.4 is 5.73 Å². The summed E-state index contributed by atoms with van der Waals surface area (Å²) in [5, 5.41) is 4.11. The van der Waals surface area contributed by atoms with Gasteiger partial charge in [0.2, 0.25) is 0 Å². The highest BCUT2D eigenvalue weighted by Crippen LogP contribution is 2.30. The number of nitrogens with two attached hydrogens (primary N) is 1. The molecule has 1 unspecified atom stereocenters. The van der Waals surface area contributed by atoms with E-state index in [1.54, 1.807) is 30.0 Å². The molecule has 1 aromatic carbocycles. The van der Waals surface area contributed by atoms with Crippen molar-refractivity contribution in [3.05, 3.63) is 53.4 Å². The Labute approximate surface area is 174 Å². The highest BCUT2D eigenvalue weighted by atomic mass is 19.3. The quantitative estimate of drug-likeness (QED) is 0.534. The molecule has 0 radical (unpaired) electrons. The van der Waals surface area contributed by atoms with E-state index in [9.17, 15) is 13.6 Å². The number of piperidine rings is 1. The average molecular weight is 427 g/mol. The Bertz CT molecular complexity index is 1290. The molecule has 5 rings (SSSR count). The molecule has 2 N–H and O–H groups in total. The van der Waals surface area contributed by atoms with E-state index >= 15 is 0 Å². The second-order valence-corrected chi connectivity index (χ2v) is 7.60. The van der Waals surface area contributed by atoms with Gasteiger partial charge in [-0.1, -0.05) is 0 Å².